The molecule has 1 aromatic heterocycles. The lowest BCUT2D eigenvalue weighted by atomic mass is 10.2. The summed E-state index contributed by atoms with van der Waals surface area (Å²) < 4.78 is 26.8. The summed E-state index contributed by atoms with van der Waals surface area (Å²) in [5.74, 6) is -0.232. The molecule has 1 aliphatic heterocycles. The van der Waals surface area contributed by atoms with Gasteiger partial charge < -0.3 is 5.32 Å². The van der Waals surface area contributed by atoms with E-state index in [-0.39, 0.29) is 26.6 Å². The normalized spacial score (nSPS) is 15.3. The second-order valence-corrected chi connectivity index (χ2v) is 10.5. The number of nitrogens with zero attached hydrogens (tertiary/aromatic N) is 2. The van der Waals surface area contributed by atoms with Gasteiger partial charge >= 0.3 is 0 Å². The van der Waals surface area contributed by atoms with Crippen LogP contribution in [0.3, 0.4) is 0 Å². The van der Waals surface area contributed by atoms with Crippen LogP contribution in [0.25, 0.3) is 0 Å². The van der Waals surface area contributed by atoms with Crippen LogP contribution in [-0.4, -0.2) is 42.5 Å². The van der Waals surface area contributed by atoms with Crippen molar-refractivity contribution in [2.75, 3.05) is 24.2 Å². The molecule has 3 rings (SSSR count). The van der Waals surface area contributed by atoms with E-state index in [1.165, 1.54) is 40.5 Å². The molecule has 156 valence electrons. The Hall–Kier alpha value is -1.03. The summed E-state index contributed by atoms with van der Waals surface area (Å²) in [4.78, 5) is 16.5. The first-order valence-corrected chi connectivity index (χ1v) is 12.4. The van der Waals surface area contributed by atoms with E-state index >= 15 is 0 Å². The number of carbonyl (C=O) groups excluding carboxylic acids is 1. The summed E-state index contributed by atoms with van der Waals surface area (Å²) in [6.07, 6.45) is 4.13. The van der Waals surface area contributed by atoms with Gasteiger partial charge in [-0.3, -0.25) is 4.79 Å². The molecule has 0 unspecified atom stereocenters. The van der Waals surface area contributed by atoms with Gasteiger partial charge in [0.15, 0.2) is 0 Å². The molecular weight excluding hydrogens is 477 g/mol. The number of halogens is 3. The summed E-state index contributed by atoms with van der Waals surface area (Å²) in [6, 6.07) is 6.05. The molecule has 1 fully saturated rings. The maximum absolute atomic E-state index is 12.6. The van der Waals surface area contributed by atoms with Crippen molar-refractivity contribution in [3.05, 3.63) is 45.5 Å². The van der Waals surface area contributed by atoms with Gasteiger partial charge in [0.2, 0.25) is 15.9 Å². The number of pyridine rings is 1. The third-order valence-corrected chi connectivity index (χ3v) is 8.16. The number of hydrogen-bond acceptors (Lipinski definition) is 5. The van der Waals surface area contributed by atoms with Crippen LogP contribution >= 0.6 is 46.6 Å². The summed E-state index contributed by atoms with van der Waals surface area (Å²) in [6.45, 7) is 1.08. The maximum Gasteiger partial charge on any atom is 0.244 e. The Balaban J connectivity index is 1.59. The fourth-order valence-electron chi connectivity index (χ4n) is 2.80. The van der Waals surface area contributed by atoms with E-state index in [2.05, 4.69) is 10.3 Å². The lowest BCUT2D eigenvalue weighted by Crippen LogP contribution is -2.35. The molecule has 1 saturated heterocycles. The number of anilines is 1. The number of rotatable bonds is 6. The molecule has 2 heterocycles. The van der Waals surface area contributed by atoms with Crippen LogP contribution in [0.5, 0.6) is 0 Å². The van der Waals surface area contributed by atoms with Gasteiger partial charge in [-0.05, 0) is 37.1 Å². The van der Waals surface area contributed by atoms with Crippen molar-refractivity contribution < 1.29 is 13.2 Å². The van der Waals surface area contributed by atoms with Crippen molar-refractivity contribution in [3.8, 4) is 0 Å². The van der Waals surface area contributed by atoms with E-state index in [1.807, 2.05) is 0 Å². The molecular formula is C18H18Cl3N3O3S2. The maximum atomic E-state index is 12.6. The first-order valence-electron chi connectivity index (χ1n) is 8.81. The highest BCUT2D eigenvalue weighted by Gasteiger charge is 2.26. The number of nitrogens with one attached hydrogen (secondary N) is 1. The van der Waals surface area contributed by atoms with Gasteiger partial charge in [-0.2, -0.15) is 4.31 Å². The minimum atomic E-state index is -3.52. The van der Waals surface area contributed by atoms with E-state index in [9.17, 15) is 13.2 Å². The van der Waals surface area contributed by atoms with Crippen molar-refractivity contribution in [1.29, 1.82) is 0 Å². The van der Waals surface area contributed by atoms with Gasteiger partial charge in [-0.15, -0.1) is 0 Å². The Morgan fingerprint density at radius 3 is 2.41 bits per heavy atom. The Morgan fingerprint density at radius 1 is 1.07 bits per heavy atom. The number of hydrogen-bond donors (Lipinski definition) is 1. The van der Waals surface area contributed by atoms with Gasteiger partial charge in [0.25, 0.3) is 0 Å². The highest BCUT2D eigenvalue weighted by atomic mass is 35.5. The summed E-state index contributed by atoms with van der Waals surface area (Å²) >= 11 is 19.0. The summed E-state index contributed by atoms with van der Waals surface area (Å²) in [5, 5.41) is 4.06. The van der Waals surface area contributed by atoms with Crippen LogP contribution in [0.2, 0.25) is 15.1 Å². The molecule has 1 N–H and O–H groups in total. The molecule has 11 heteroatoms. The molecule has 0 radical (unpaired) electrons. The number of benzene rings is 1. The SMILES string of the molecule is O=C(CSc1ccc(S(=O)(=O)N2CCCCC2)cn1)Nc1cc(Cl)c(Cl)cc1Cl. The van der Waals surface area contributed by atoms with E-state index in [1.54, 1.807) is 6.07 Å². The molecule has 0 aliphatic carbocycles. The predicted molar refractivity (Wildman–Crippen MR) is 118 cm³/mol. The molecule has 1 amide bonds. The molecule has 0 bridgehead atoms. The minimum Gasteiger partial charge on any atom is -0.324 e. The van der Waals surface area contributed by atoms with Crippen molar-refractivity contribution >= 4 is 68.2 Å². The van der Waals surface area contributed by atoms with E-state index in [0.717, 1.165) is 19.3 Å². The fourth-order valence-corrected chi connectivity index (χ4v) is 5.50. The predicted octanol–water partition coefficient (Wildman–Crippen LogP) is 4.95. The van der Waals surface area contributed by atoms with Gasteiger partial charge in [-0.25, -0.2) is 13.4 Å². The molecule has 1 aromatic carbocycles. The van der Waals surface area contributed by atoms with Gasteiger partial charge in [-0.1, -0.05) is 53.0 Å². The second kappa shape index (κ2) is 9.85. The van der Waals surface area contributed by atoms with E-state index in [4.69, 9.17) is 34.8 Å². The van der Waals surface area contributed by atoms with Gasteiger partial charge in [0, 0.05) is 19.3 Å². The van der Waals surface area contributed by atoms with Crippen LogP contribution in [0, 0.1) is 0 Å². The zero-order valence-electron chi connectivity index (χ0n) is 15.2. The second-order valence-electron chi connectivity index (χ2n) is 6.38. The summed E-state index contributed by atoms with van der Waals surface area (Å²) in [7, 11) is -3.52. The monoisotopic (exact) mass is 493 g/mol. The number of carbonyl (C=O) groups is 1. The smallest absolute Gasteiger partial charge is 0.244 e. The molecule has 6 nitrogen and oxygen atoms in total. The van der Waals surface area contributed by atoms with Crippen molar-refractivity contribution in [2.24, 2.45) is 0 Å². The van der Waals surface area contributed by atoms with Gasteiger partial charge in [0.1, 0.15) is 4.90 Å². The van der Waals surface area contributed by atoms with Crippen LogP contribution in [0.15, 0.2) is 40.4 Å². The molecule has 1 aliphatic rings. The molecule has 0 saturated carbocycles. The Kier molecular flexibility index (Phi) is 7.69. The van der Waals surface area contributed by atoms with Crippen molar-refractivity contribution in [3.63, 3.8) is 0 Å². The van der Waals surface area contributed by atoms with Crippen LogP contribution < -0.4 is 5.32 Å². The zero-order valence-corrected chi connectivity index (χ0v) is 19.1. The molecule has 0 spiro atoms. The minimum absolute atomic E-state index is 0.0712. The van der Waals surface area contributed by atoms with E-state index < -0.39 is 10.0 Å². The lowest BCUT2D eigenvalue weighted by molar-refractivity contribution is -0.113. The number of aromatic nitrogens is 1. The van der Waals surface area contributed by atoms with E-state index in [0.29, 0.717) is 28.8 Å². The largest absolute Gasteiger partial charge is 0.324 e. The lowest BCUT2D eigenvalue weighted by Gasteiger charge is -2.25. The quantitative estimate of drug-likeness (QED) is 0.454. The Morgan fingerprint density at radius 2 is 1.76 bits per heavy atom. The molecule has 0 atom stereocenters. The molecule has 2 aromatic rings. The number of piperidine rings is 1. The third kappa shape index (κ3) is 5.77. The summed E-state index contributed by atoms with van der Waals surface area (Å²) in [5.41, 5.74) is 0.364. The molecule has 29 heavy (non-hydrogen) atoms. The Labute approximate surface area is 189 Å². The average molecular weight is 495 g/mol. The zero-order chi connectivity index (χ0) is 21.0. The number of thioether (sulfide) groups is 1. The van der Waals surface area contributed by atoms with Crippen LogP contribution in [-0.2, 0) is 14.8 Å². The first kappa shape index (κ1) is 22.7. The fraction of sp³-hybridized carbons (Fsp3) is 0.333. The average Bonchev–Trinajstić information content (AvgIpc) is 2.71. The number of sulfonamides is 1. The van der Waals surface area contributed by atoms with Crippen LogP contribution in [0.1, 0.15) is 19.3 Å². The highest BCUT2D eigenvalue weighted by Crippen LogP contribution is 2.32. The Bertz CT molecular complexity index is 995. The van der Waals surface area contributed by atoms with Crippen LogP contribution in [0.4, 0.5) is 5.69 Å². The highest BCUT2D eigenvalue weighted by molar-refractivity contribution is 7.99. The third-order valence-electron chi connectivity index (χ3n) is 4.30. The first-order chi connectivity index (χ1) is 13.8. The number of amides is 1. The standard InChI is InChI=1S/C18H18Cl3N3O3S2/c19-13-8-15(21)16(9-14(13)20)23-17(25)11-28-18-5-4-12(10-22-18)29(26,27)24-6-2-1-3-7-24/h4-5,8-10H,1-3,6-7,11H2,(H,23,25). The van der Waals surface area contributed by atoms with Gasteiger partial charge in [0.05, 0.1) is 31.5 Å². The van der Waals surface area contributed by atoms with Crippen molar-refractivity contribution in [1.82, 2.24) is 9.29 Å². The topological polar surface area (TPSA) is 79.4 Å². The van der Waals surface area contributed by atoms with Crippen molar-refractivity contribution in [2.45, 2.75) is 29.2 Å².